The summed E-state index contributed by atoms with van der Waals surface area (Å²) in [6.45, 7) is 17.6. The van der Waals surface area contributed by atoms with E-state index in [1.807, 2.05) is 39.0 Å². The van der Waals surface area contributed by atoms with Gasteiger partial charge in [0.1, 0.15) is 18.3 Å². The second-order valence-corrected chi connectivity index (χ2v) is 18.4. The average molecular weight is 861 g/mol. The fourth-order valence-corrected chi connectivity index (χ4v) is 9.74. The Hall–Kier alpha value is -2.27. The van der Waals surface area contributed by atoms with Gasteiger partial charge in [0.2, 0.25) is 0 Å². The van der Waals surface area contributed by atoms with Crippen molar-refractivity contribution < 1.29 is 62.7 Å². The zero-order valence-corrected chi connectivity index (χ0v) is 38.2. The highest BCUT2D eigenvalue weighted by atomic mass is 16.7. The summed E-state index contributed by atoms with van der Waals surface area (Å²) in [6.07, 6.45) is 16.7. The molecule has 0 radical (unpaired) electrons. The number of ether oxygens (including phenoxy) is 9. The minimum absolute atomic E-state index is 0.0641. The number of aliphatic hydroxyl groups excluding tert-OH is 3. The molecule has 0 bridgehead atoms. The SMILES string of the molecule is CC[C@@H](C)C1O[C@]2(C=C[C@@H]1C)CC(OC=O)C[C@@H](C/C=C(\C)C[C@@H](C)/C=C/C=C1\COC3C(O)C(C)=C[C@@H](O)C13)O2.COC1CC(C)O[C@@H](O[C@H]2C(C)O[C@@H](O)CC2OC)C1. The van der Waals surface area contributed by atoms with Crippen LogP contribution in [0, 0.1) is 23.7 Å². The first-order chi connectivity index (χ1) is 29.1. The van der Waals surface area contributed by atoms with Crippen LogP contribution in [0.1, 0.15) is 107 Å². The molecular formula is C48H76O13. The molecule has 0 aromatic carbocycles. The Balaban J connectivity index is 0.000000294. The van der Waals surface area contributed by atoms with E-state index in [9.17, 15) is 20.1 Å². The number of carbonyl (C=O) groups is 1. The maximum Gasteiger partial charge on any atom is 0.293 e. The molecule has 1 aliphatic carbocycles. The zero-order valence-electron chi connectivity index (χ0n) is 38.2. The number of rotatable bonds is 14. The predicted molar refractivity (Wildman–Crippen MR) is 230 cm³/mol. The highest BCUT2D eigenvalue weighted by Gasteiger charge is 2.47. The summed E-state index contributed by atoms with van der Waals surface area (Å²) >= 11 is 0. The molecule has 1 spiro atoms. The van der Waals surface area contributed by atoms with E-state index in [0.717, 1.165) is 36.8 Å². The molecule has 0 amide bonds. The summed E-state index contributed by atoms with van der Waals surface area (Å²) in [7, 11) is 3.33. The summed E-state index contributed by atoms with van der Waals surface area (Å²) in [5.74, 6) is -0.0380. The van der Waals surface area contributed by atoms with Gasteiger partial charge in [0.15, 0.2) is 18.4 Å². The van der Waals surface area contributed by atoms with Gasteiger partial charge in [0.25, 0.3) is 6.47 Å². The molecule has 0 aromatic heterocycles. The lowest BCUT2D eigenvalue weighted by Crippen LogP contribution is -2.52. The number of aliphatic hydroxyl groups is 3. The molecule has 5 heterocycles. The lowest BCUT2D eigenvalue weighted by Gasteiger charge is -2.47. The summed E-state index contributed by atoms with van der Waals surface area (Å²) in [5.41, 5.74) is 3.05. The van der Waals surface area contributed by atoms with Gasteiger partial charge >= 0.3 is 0 Å². The first kappa shape index (κ1) is 49.7. The van der Waals surface area contributed by atoms with Crippen molar-refractivity contribution in [2.75, 3.05) is 20.8 Å². The van der Waals surface area contributed by atoms with Crippen molar-refractivity contribution in [3.63, 3.8) is 0 Å². The fourth-order valence-electron chi connectivity index (χ4n) is 9.74. The molecule has 18 atom stereocenters. The van der Waals surface area contributed by atoms with Crippen LogP contribution in [-0.4, -0.2) is 128 Å². The Bertz CT molecular complexity index is 1540. The fraction of sp³-hybridized carbons (Fsp3) is 0.771. The molecule has 6 aliphatic rings. The first-order valence-corrected chi connectivity index (χ1v) is 22.6. The van der Waals surface area contributed by atoms with Gasteiger partial charge in [0, 0.05) is 51.7 Å². The van der Waals surface area contributed by atoms with Crippen LogP contribution >= 0.6 is 0 Å². The van der Waals surface area contributed by atoms with Crippen molar-refractivity contribution in [1.82, 2.24) is 0 Å². The standard InChI is InChI=1S/C34H50O7.C14H26O6/c1-7-23(4)32-24(5)13-14-34(41-32)18-28(39-20-35)17-27(40-34)12-11-22(3)15-21(2)9-8-10-26-19-38-33-30(26)29(36)16-25(6)31(33)37;1-8-5-10(16-3)6-13(18-8)20-14-9(2)19-12(15)7-11(14)17-4/h8-11,13-14,16,20-21,23-24,27-33,36-37H,7,12,15,17-19H2,1-6H3;8-15H,5-7H2,1-4H3/b9-8+,22-11+,26-10+;/t21-,23+,24-,27+,28?,29+,30?,31?,32?,33?,34+;8?,9?,10?,11?,12-,13+,14+/m01/s1. The third kappa shape index (κ3) is 13.4. The van der Waals surface area contributed by atoms with Crippen LogP contribution in [0.5, 0.6) is 0 Å². The summed E-state index contributed by atoms with van der Waals surface area (Å²) in [6, 6.07) is 0. The average Bonchev–Trinajstić information content (AvgIpc) is 3.65. The number of carbonyl (C=O) groups excluding carboxylic acids is 1. The third-order valence-corrected chi connectivity index (χ3v) is 13.3. The molecule has 346 valence electrons. The summed E-state index contributed by atoms with van der Waals surface area (Å²) in [4.78, 5) is 11.2. The molecule has 0 saturated carbocycles. The molecule has 4 saturated heterocycles. The minimum atomic E-state index is -0.859. The molecule has 0 aromatic rings. The van der Waals surface area contributed by atoms with Gasteiger partial charge in [-0.15, -0.1) is 0 Å². The van der Waals surface area contributed by atoms with Crippen LogP contribution in [0.4, 0.5) is 0 Å². The Morgan fingerprint density at radius 3 is 2.49 bits per heavy atom. The summed E-state index contributed by atoms with van der Waals surface area (Å²) in [5, 5.41) is 30.6. The van der Waals surface area contributed by atoms with Gasteiger partial charge in [-0.3, -0.25) is 4.79 Å². The molecule has 9 unspecified atom stereocenters. The van der Waals surface area contributed by atoms with Gasteiger partial charge in [-0.1, -0.05) is 76.1 Å². The van der Waals surface area contributed by atoms with Crippen LogP contribution < -0.4 is 0 Å². The highest BCUT2D eigenvalue weighted by molar-refractivity contribution is 5.37. The van der Waals surface area contributed by atoms with E-state index in [1.165, 1.54) is 5.57 Å². The number of methoxy groups -OCH3 is 2. The molecule has 61 heavy (non-hydrogen) atoms. The van der Waals surface area contributed by atoms with E-state index in [0.29, 0.717) is 56.5 Å². The number of fused-ring (bicyclic) bond motifs is 1. The van der Waals surface area contributed by atoms with Crippen molar-refractivity contribution >= 4 is 6.47 Å². The molecule has 4 fully saturated rings. The van der Waals surface area contributed by atoms with Gasteiger partial charge < -0.3 is 58.0 Å². The van der Waals surface area contributed by atoms with E-state index >= 15 is 0 Å². The Morgan fingerprint density at radius 1 is 1.02 bits per heavy atom. The van der Waals surface area contributed by atoms with Crippen molar-refractivity contribution in [2.45, 2.75) is 192 Å². The predicted octanol–water partition coefficient (Wildman–Crippen LogP) is 6.64. The number of hydrogen-bond donors (Lipinski definition) is 3. The Morgan fingerprint density at radius 2 is 1.79 bits per heavy atom. The molecular weight excluding hydrogens is 785 g/mol. The van der Waals surface area contributed by atoms with Crippen molar-refractivity contribution in [2.24, 2.45) is 23.7 Å². The number of hydrogen-bond acceptors (Lipinski definition) is 13. The lowest BCUT2D eigenvalue weighted by atomic mass is 9.80. The van der Waals surface area contributed by atoms with Crippen molar-refractivity contribution in [3.8, 4) is 0 Å². The summed E-state index contributed by atoms with van der Waals surface area (Å²) < 4.78 is 52.5. The lowest BCUT2D eigenvalue weighted by molar-refractivity contribution is -0.299. The quantitative estimate of drug-likeness (QED) is 0.126. The molecule has 5 aliphatic heterocycles. The topological polar surface area (TPSA) is 161 Å². The first-order valence-electron chi connectivity index (χ1n) is 22.6. The normalized spacial score (nSPS) is 42.1. The van der Waals surface area contributed by atoms with Gasteiger partial charge in [-0.2, -0.15) is 0 Å². The Labute approximate surface area is 364 Å². The van der Waals surface area contributed by atoms with Crippen LogP contribution in [0.15, 0.2) is 59.3 Å². The van der Waals surface area contributed by atoms with E-state index < -0.39 is 24.3 Å². The zero-order chi connectivity index (χ0) is 44.4. The highest BCUT2D eigenvalue weighted by Crippen LogP contribution is 2.42. The maximum absolute atomic E-state index is 11.2. The van der Waals surface area contributed by atoms with Crippen molar-refractivity contribution in [1.29, 1.82) is 0 Å². The minimum Gasteiger partial charge on any atom is -0.464 e. The van der Waals surface area contributed by atoms with Crippen LogP contribution in [0.25, 0.3) is 0 Å². The maximum atomic E-state index is 11.2. The molecule has 13 nitrogen and oxygen atoms in total. The van der Waals surface area contributed by atoms with Gasteiger partial charge in [-0.05, 0) is 76.0 Å². The Kier molecular flexibility index (Phi) is 18.8. The third-order valence-electron chi connectivity index (χ3n) is 13.3. The second kappa shape index (κ2) is 23.1. The van der Waals surface area contributed by atoms with Gasteiger partial charge in [-0.25, -0.2) is 0 Å². The van der Waals surface area contributed by atoms with E-state index in [1.54, 1.807) is 20.3 Å². The monoisotopic (exact) mass is 861 g/mol. The molecule has 3 N–H and O–H groups in total. The molecule has 13 heteroatoms. The smallest absolute Gasteiger partial charge is 0.293 e. The molecule has 6 rings (SSSR count). The van der Waals surface area contributed by atoms with E-state index in [4.69, 9.17) is 42.6 Å². The van der Waals surface area contributed by atoms with E-state index in [2.05, 4.69) is 52.8 Å². The van der Waals surface area contributed by atoms with E-state index in [-0.39, 0.29) is 67.1 Å². The van der Waals surface area contributed by atoms with Crippen LogP contribution in [-0.2, 0) is 47.4 Å². The second-order valence-electron chi connectivity index (χ2n) is 18.4. The van der Waals surface area contributed by atoms with Gasteiger partial charge in [0.05, 0.1) is 55.4 Å². The van der Waals surface area contributed by atoms with Crippen molar-refractivity contribution in [3.05, 3.63) is 59.3 Å². The van der Waals surface area contributed by atoms with Crippen LogP contribution in [0.2, 0.25) is 0 Å². The van der Waals surface area contributed by atoms with Crippen LogP contribution in [0.3, 0.4) is 0 Å². The number of allylic oxidation sites excluding steroid dienone is 4. The largest absolute Gasteiger partial charge is 0.464 e.